The molecule has 1 aliphatic rings. The second-order valence-corrected chi connectivity index (χ2v) is 3.61. The Bertz CT molecular complexity index is 359. The Balaban J connectivity index is 2.36. The number of rotatable bonds is 1. The molecule has 14 heavy (non-hydrogen) atoms. The molecule has 0 amide bonds. The van der Waals surface area contributed by atoms with Crippen molar-refractivity contribution >= 4 is 5.97 Å². The lowest BCUT2D eigenvalue weighted by atomic mass is 9.81. The highest BCUT2D eigenvalue weighted by Gasteiger charge is 2.28. The number of hydrogen-bond acceptors (Lipinski definition) is 3. The molecule has 0 saturated heterocycles. The fraction of sp³-hybridized carbons (Fsp3) is 0.364. The SMILES string of the molecule is O=C([O-])C1CCc2ccccc2C1O. The van der Waals surface area contributed by atoms with Gasteiger partial charge >= 0.3 is 0 Å². The predicted molar refractivity (Wildman–Crippen MR) is 48.2 cm³/mol. The minimum Gasteiger partial charge on any atom is -0.550 e. The van der Waals surface area contributed by atoms with E-state index >= 15 is 0 Å². The standard InChI is InChI=1S/C11H12O3/c12-10-8-4-2-1-3-7(8)5-6-9(10)11(13)14/h1-4,9-10,12H,5-6H2,(H,13,14)/p-1. The third-order valence-electron chi connectivity index (χ3n) is 2.78. The highest BCUT2D eigenvalue weighted by atomic mass is 16.4. The van der Waals surface area contributed by atoms with Crippen LogP contribution in [0.15, 0.2) is 24.3 Å². The Kier molecular flexibility index (Phi) is 2.25. The van der Waals surface area contributed by atoms with Crippen LogP contribution in [0.4, 0.5) is 0 Å². The Morgan fingerprint density at radius 1 is 1.43 bits per heavy atom. The third kappa shape index (κ3) is 1.40. The maximum absolute atomic E-state index is 10.7. The average molecular weight is 191 g/mol. The molecule has 0 radical (unpaired) electrons. The van der Waals surface area contributed by atoms with E-state index in [2.05, 4.69) is 0 Å². The normalized spacial score (nSPS) is 25.5. The Morgan fingerprint density at radius 2 is 2.14 bits per heavy atom. The zero-order valence-electron chi connectivity index (χ0n) is 7.64. The van der Waals surface area contributed by atoms with Crippen molar-refractivity contribution in [3.63, 3.8) is 0 Å². The fourth-order valence-electron chi connectivity index (χ4n) is 1.98. The number of carbonyl (C=O) groups excluding carboxylic acids is 1. The Hall–Kier alpha value is -1.35. The molecule has 0 aromatic heterocycles. The average Bonchev–Trinajstić information content (AvgIpc) is 2.18. The maximum atomic E-state index is 10.7. The summed E-state index contributed by atoms with van der Waals surface area (Å²) in [6.07, 6.45) is 0.247. The first kappa shape index (κ1) is 9.21. The van der Waals surface area contributed by atoms with Gasteiger partial charge in [-0.15, -0.1) is 0 Å². The van der Waals surface area contributed by atoms with Gasteiger partial charge in [0.1, 0.15) is 0 Å². The zero-order valence-corrected chi connectivity index (χ0v) is 7.64. The van der Waals surface area contributed by atoms with Gasteiger partial charge in [0.25, 0.3) is 0 Å². The van der Waals surface area contributed by atoms with E-state index in [-0.39, 0.29) is 0 Å². The van der Waals surface area contributed by atoms with Crippen molar-refractivity contribution < 1.29 is 15.0 Å². The first-order chi connectivity index (χ1) is 6.70. The number of aliphatic carboxylic acids is 1. The quantitative estimate of drug-likeness (QED) is 0.681. The van der Waals surface area contributed by atoms with E-state index in [1.54, 1.807) is 12.1 Å². The van der Waals surface area contributed by atoms with Gasteiger partial charge in [0.05, 0.1) is 6.10 Å². The number of carboxylic acid groups (broad SMARTS) is 1. The predicted octanol–water partition coefficient (Wildman–Crippen LogP) is 0.0323. The van der Waals surface area contributed by atoms with Crippen molar-refractivity contribution in [3.8, 4) is 0 Å². The highest BCUT2D eigenvalue weighted by Crippen LogP contribution is 2.33. The molecule has 1 aromatic rings. The lowest BCUT2D eigenvalue weighted by Crippen LogP contribution is -2.37. The van der Waals surface area contributed by atoms with Crippen molar-refractivity contribution in [2.45, 2.75) is 18.9 Å². The summed E-state index contributed by atoms with van der Waals surface area (Å²) >= 11 is 0. The molecule has 74 valence electrons. The van der Waals surface area contributed by atoms with E-state index in [9.17, 15) is 15.0 Å². The second kappa shape index (κ2) is 3.42. The van der Waals surface area contributed by atoms with E-state index in [0.29, 0.717) is 12.8 Å². The number of aryl methyl sites for hydroxylation is 1. The molecule has 2 atom stereocenters. The molecule has 3 nitrogen and oxygen atoms in total. The van der Waals surface area contributed by atoms with E-state index < -0.39 is 18.0 Å². The number of hydrogen-bond donors (Lipinski definition) is 1. The van der Waals surface area contributed by atoms with Crippen LogP contribution in [0, 0.1) is 5.92 Å². The minimum absolute atomic E-state index is 0.459. The van der Waals surface area contributed by atoms with Crippen LogP contribution in [0.25, 0.3) is 0 Å². The summed E-state index contributed by atoms with van der Waals surface area (Å²) in [6, 6.07) is 7.39. The molecule has 3 heteroatoms. The smallest absolute Gasteiger partial charge is 0.0873 e. The second-order valence-electron chi connectivity index (χ2n) is 3.61. The zero-order chi connectivity index (χ0) is 10.1. The van der Waals surface area contributed by atoms with Gasteiger partial charge in [0.2, 0.25) is 0 Å². The van der Waals surface area contributed by atoms with Crippen molar-refractivity contribution in [2.24, 2.45) is 5.92 Å². The van der Waals surface area contributed by atoms with Crippen LogP contribution < -0.4 is 5.11 Å². The molecule has 0 spiro atoms. The van der Waals surface area contributed by atoms with Gasteiger partial charge < -0.3 is 15.0 Å². The maximum Gasteiger partial charge on any atom is 0.0873 e. The van der Waals surface area contributed by atoms with Gasteiger partial charge in [-0.3, -0.25) is 0 Å². The van der Waals surface area contributed by atoms with Gasteiger partial charge in [0, 0.05) is 11.9 Å². The molecule has 2 unspecified atom stereocenters. The van der Waals surface area contributed by atoms with Crippen LogP contribution in [0.1, 0.15) is 23.7 Å². The minimum atomic E-state index is -1.16. The first-order valence-corrected chi connectivity index (χ1v) is 4.67. The van der Waals surface area contributed by atoms with E-state index in [0.717, 1.165) is 11.1 Å². The topological polar surface area (TPSA) is 60.4 Å². The Labute approximate surface area is 82.0 Å². The number of fused-ring (bicyclic) bond motifs is 1. The van der Waals surface area contributed by atoms with Gasteiger partial charge in [-0.25, -0.2) is 0 Å². The number of benzene rings is 1. The molecule has 0 fully saturated rings. The first-order valence-electron chi connectivity index (χ1n) is 4.67. The number of aliphatic hydroxyl groups is 1. The molecule has 0 heterocycles. The van der Waals surface area contributed by atoms with E-state index in [1.807, 2.05) is 12.1 Å². The molecular weight excluding hydrogens is 180 g/mol. The molecule has 0 saturated carbocycles. The third-order valence-corrected chi connectivity index (χ3v) is 2.78. The van der Waals surface area contributed by atoms with Crippen molar-refractivity contribution in [1.29, 1.82) is 0 Å². The van der Waals surface area contributed by atoms with Crippen LogP contribution >= 0.6 is 0 Å². The van der Waals surface area contributed by atoms with Crippen molar-refractivity contribution in [1.82, 2.24) is 0 Å². The molecule has 0 bridgehead atoms. The van der Waals surface area contributed by atoms with Gasteiger partial charge in [-0.2, -0.15) is 0 Å². The number of carboxylic acids is 1. The van der Waals surface area contributed by atoms with Gasteiger partial charge in [-0.1, -0.05) is 24.3 Å². The summed E-state index contributed by atoms with van der Waals surface area (Å²) in [6.45, 7) is 0. The van der Waals surface area contributed by atoms with Crippen molar-refractivity contribution in [2.75, 3.05) is 0 Å². The Morgan fingerprint density at radius 3 is 2.86 bits per heavy atom. The number of carbonyl (C=O) groups is 1. The lowest BCUT2D eigenvalue weighted by Gasteiger charge is -2.30. The van der Waals surface area contributed by atoms with Crippen LogP contribution in [-0.2, 0) is 11.2 Å². The van der Waals surface area contributed by atoms with E-state index in [4.69, 9.17) is 0 Å². The van der Waals surface area contributed by atoms with Crippen LogP contribution in [0.5, 0.6) is 0 Å². The summed E-state index contributed by atoms with van der Waals surface area (Å²) in [7, 11) is 0. The van der Waals surface area contributed by atoms with Crippen LogP contribution in [-0.4, -0.2) is 11.1 Å². The van der Waals surface area contributed by atoms with E-state index in [1.165, 1.54) is 0 Å². The lowest BCUT2D eigenvalue weighted by molar-refractivity contribution is -0.315. The van der Waals surface area contributed by atoms with Gasteiger partial charge in [-0.05, 0) is 24.0 Å². The molecular formula is C11H11O3-. The largest absolute Gasteiger partial charge is 0.550 e. The number of aliphatic hydroxyl groups excluding tert-OH is 1. The summed E-state index contributed by atoms with van der Waals surface area (Å²) in [5.41, 5.74) is 1.77. The molecule has 1 N–H and O–H groups in total. The summed E-state index contributed by atoms with van der Waals surface area (Å²) in [5, 5.41) is 20.5. The summed E-state index contributed by atoms with van der Waals surface area (Å²) in [4.78, 5) is 10.7. The van der Waals surface area contributed by atoms with Crippen LogP contribution in [0.2, 0.25) is 0 Å². The monoisotopic (exact) mass is 191 g/mol. The molecule has 1 aromatic carbocycles. The highest BCUT2D eigenvalue weighted by molar-refractivity contribution is 5.69. The molecule has 1 aliphatic carbocycles. The van der Waals surface area contributed by atoms with Gasteiger partial charge in [0.15, 0.2) is 0 Å². The summed E-state index contributed by atoms with van der Waals surface area (Å²) < 4.78 is 0. The van der Waals surface area contributed by atoms with Crippen LogP contribution in [0.3, 0.4) is 0 Å². The summed E-state index contributed by atoms with van der Waals surface area (Å²) in [5.74, 6) is -1.92. The molecule has 2 rings (SSSR count). The van der Waals surface area contributed by atoms with Crippen molar-refractivity contribution in [3.05, 3.63) is 35.4 Å². The molecule has 0 aliphatic heterocycles. The fourth-order valence-corrected chi connectivity index (χ4v) is 1.98.